The van der Waals surface area contributed by atoms with Crippen LogP contribution in [0.5, 0.6) is 0 Å². The monoisotopic (exact) mass is 513 g/mol. The Hall–Kier alpha value is -4.23. The predicted octanol–water partition coefficient (Wildman–Crippen LogP) is 4.84. The first-order chi connectivity index (χ1) is 17.9. The molecule has 0 radical (unpaired) electrons. The van der Waals surface area contributed by atoms with Crippen molar-refractivity contribution in [1.82, 2.24) is 24.6 Å². The van der Waals surface area contributed by atoms with Crippen LogP contribution in [0.25, 0.3) is 21.5 Å². The molecule has 188 valence electrons. The van der Waals surface area contributed by atoms with Gasteiger partial charge in [0.05, 0.1) is 28.1 Å². The summed E-state index contributed by atoms with van der Waals surface area (Å²) in [6.07, 6.45) is 6.89. The molecule has 1 aromatic carbocycles. The highest BCUT2D eigenvalue weighted by molar-refractivity contribution is 7.17. The fraction of sp³-hybridized carbons (Fsp3) is 0.296. The summed E-state index contributed by atoms with van der Waals surface area (Å²) in [5.41, 5.74) is 2.74. The number of benzene rings is 1. The third kappa shape index (κ3) is 5.04. The van der Waals surface area contributed by atoms with Crippen molar-refractivity contribution in [3.05, 3.63) is 65.3 Å². The van der Waals surface area contributed by atoms with Crippen LogP contribution in [0.4, 0.5) is 5.95 Å². The van der Waals surface area contributed by atoms with E-state index in [0.29, 0.717) is 23.9 Å². The first-order valence-corrected chi connectivity index (χ1v) is 13.0. The molecule has 1 aliphatic heterocycles. The minimum atomic E-state index is -0.248. The number of likely N-dealkylation sites (tertiary alicyclic amines) is 1. The number of nitriles is 1. The molecule has 1 fully saturated rings. The lowest BCUT2D eigenvalue weighted by Gasteiger charge is -2.26. The standard InChI is InChI=1S/C27H27N7O2S/c1-17(2)12-18(13-28)26(36)33-11-5-6-20(33)16-34-22-8-4-3-7-21(22)31-27(34)32-25(35)24-10-9-23(37-24)19-14-29-30-15-19/h3-4,7-10,12,14-15,17,20H,5-6,11,16H2,1-2H3,(H,29,30)(H,31,32,35). The van der Waals surface area contributed by atoms with Gasteiger partial charge in [0.1, 0.15) is 11.6 Å². The molecule has 0 bridgehead atoms. The minimum absolute atomic E-state index is 0.102. The second kappa shape index (κ2) is 10.4. The van der Waals surface area contributed by atoms with Gasteiger partial charge in [-0.25, -0.2) is 4.98 Å². The molecule has 2 N–H and O–H groups in total. The van der Waals surface area contributed by atoms with Crippen molar-refractivity contribution in [2.45, 2.75) is 39.3 Å². The van der Waals surface area contributed by atoms with Gasteiger partial charge in [0.15, 0.2) is 0 Å². The van der Waals surface area contributed by atoms with E-state index in [-0.39, 0.29) is 29.3 Å². The number of aromatic nitrogens is 4. The third-order valence-corrected chi connectivity index (χ3v) is 7.51. The maximum absolute atomic E-state index is 13.2. The number of anilines is 1. The molecule has 1 unspecified atom stereocenters. The van der Waals surface area contributed by atoms with Gasteiger partial charge in [0, 0.05) is 29.7 Å². The van der Waals surface area contributed by atoms with Crippen molar-refractivity contribution in [2.75, 3.05) is 11.9 Å². The molecule has 0 aliphatic carbocycles. The van der Waals surface area contributed by atoms with Crippen LogP contribution < -0.4 is 5.32 Å². The van der Waals surface area contributed by atoms with Crippen LogP contribution >= 0.6 is 11.3 Å². The second-order valence-corrected chi connectivity index (χ2v) is 10.5. The maximum Gasteiger partial charge on any atom is 0.268 e. The Kier molecular flexibility index (Phi) is 6.88. The molecule has 3 aromatic heterocycles. The number of carbonyl (C=O) groups excluding carboxylic acids is 2. The average Bonchev–Trinajstić information content (AvgIpc) is 3.69. The molecule has 0 spiro atoms. The molecule has 4 aromatic rings. The average molecular weight is 514 g/mol. The van der Waals surface area contributed by atoms with Gasteiger partial charge in [-0.3, -0.25) is 20.0 Å². The zero-order valence-corrected chi connectivity index (χ0v) is 21.5. The summed E-state index contributed by atoms with van der Waals surface area (Å²) < 4.78 is 1.96. The van der Waals surface area contributed by atoms with Gasteiger partial charge < -0.3 is 9.47 Å². The molecule has 1 saturated heterocycles. The Balaban J connectivity index is 1.41. The van der Waals surface area contributed by atoms with Crippen LogP contribution in [0.15, 0.2) is 60.4 Å². The van der Waals surface area contributed by atoms with Gasteiger partial charge in [-0.15, -0.1) is 11.3 Å². The molecule has 37 heavy (non-hydrogen) atoms. The fourth-order valence-electron chi connectivity index (χ4n) is 4.67. The Labute approximate surface area is 218 Å². The van der Waals surface area contributed by atoms with E-state index in [1.807, 2.05) is 48.7 Å². The normalized spacial score (nSPS) is 15.9. The van der Waals surface area contributed by atoms with Crippen LogP contribution in [-0.2, 0) is 11.3 Å². The Morgan fingerprint density at radius 3 is 2.89 bits per heavy atom. The molecular weight excluding hydrogens is 486 g/mol. The largest absolute Gasteiger partial charge is 0.333 e. The van der Waals surface area contributed by atoms with Crippen LogP contribution in [0.2, 0.25) is 0 Å². The lowest BCUT2D eigenvalue weighted by molar-refractivity contribution is -0.127. The maximum atomic E-state index is 13.2. The number of para-hydroxylation sites is 2. The number of amides is 2. The highest BCUT2D eigenvalue weighted by atomic mass is 32.1. The van der Waals surface area contributed by atoms with E-state index in [1.165, 1.54) is 11.3 Å². The van der Waals surface area contributed by atoms with Crippen molar-refractivity contribution in [2.24, 2.45) is 5.92 Å². The molecule has 1 aliphatic rings. The van der Waals surface area contributed by atoms with Gasteiger partial charge in [-0.1, -0.05) is 32.1 Å². The summed E-state index contributed by atoms with van der Waals surface area (Å²) in [4.78, 5) is 34.4. The summed E-state index contributed by atoms with van der Waals surface area (Å²) in [5, 5.41) is 19.3. The van der Waals surface area contributed by atoms with Crippen molar-refractivity contribution < 1.29 is 9.59 Å². The molecule has 1 atom stereocenters. The summed E-state index contributed by atoms with van der Waals surface area (Å²) >= 11 is 1.38. The number of aromatic amines is 1. The smallest absolute Gasteiger partial charge is 0.268 e. The number of carbonyl (C=O) groups is 2. The highest BCUT2D eigenvalue weighted by Crippen LogP contribution is 2.29. The molecule has 2 amide bonds. The number of rotatable bonds is 7. The first-order valence-electron chi connectivity index (χ1n) is 12.2. The van der Waals surface area contributed by atoms with Crippen molar-refractivity contribution >= 4 is 40.1 Å². The van der Waals surface area contributed by atoms with Gasteiger partial charge in [0.2, 0.25) is 5.95 Å². The van der Waals surface area contributed by atoms with E-state index in [0.717, 1.165) is 34.3 Å². The second-order valence-electron chi connectivity index (χ2n) is 9.37. The van der Waals surface area contributed by atoms with E-state index < -0.39 is 0 Å². The first kappa shape index (κ1) is 24.5. The molecule has 10 heteroatoms. The predicted molar refractivity (Wildman–Crippen MR) is 143 cm³/mol. The number of imidazole rings is 1. The number of thiophene rings is 1. The lowest BCUT2D eigenvalue weighted by Crippen LogP contribution is -2.39. The van der Waals surface area contributed by atoms with Crippen LogP contribution in [0.1, 0.15) is 36.4 Å². The quantitative estimate of drug-likeness (QED) is 0.271. The summed E-state index contributed by atoms with van der Waals surface area (Å²) in [6, 6.07) is 13.3. The molecule has 0 saturated carbocycles. The van der Waals surface area contributed by atoms with Crippen molar-refractivity contribution in [3.63, 3.8) is 0 Å². The van der Waals surface area contributed by atoms with E-state index >= 15 is 0 Å². The molecular formula is C27H27N7O2S. The molecule has 9 nitrogen and oxygen atoms in total. The topological polar surface area (TPSA) is 120 Å². The van der Waals surface area contributed by atoms with Crippen molar-refractivity contribution in [3.8, 4) is 16.5 Å². The van der Waals surface area contributed by atoms with Crippen LogP contribution in [0.3, 0.4) is 0 Å². The Morgan fingerprint density at radius 1 is 1.30 bits per heavy atom. The Bertz CT molecular complexity index is 1510. The van der Waals surface area contributed by atoms with Crippen LogP contribution in [-0.4, -0.2) is 49.0 Å². The van der Waals surface area contributed by atoms with Gasteiger partial charge in [-0.05, 0) is 43.0 Å². The third-order valence-electron chi connectivity index (χ3n) is 6.37. The van der Waals surface area contributed by atoms with Crippen LogP contribution in [0, 0.1) is 17.2 Å². The minimum Gasteiger partial charge on any atom is -0.333 e. The highest BCUT2D eigenvalue weighted by Gasteiger charge is 2.32. The summed E-state index contributed by atoms with van der Waals surface area (Å²) in [5.74, 6) is 0.0497. The number of hydrogen-bond acceptors (Lipinski definition) is 6. The van der Waals surface area contributed by atoms with Crippen molar-refractivity contribution in [1.29, 1.82) is 5.26 Å². The Morgan fingerprint density at radius 2 is 2.14 bits per heavy atom. The van der Waals surface area contributed by atoms with Gasteiger partial charge in [-0.2, -0.15) is 10.4 Å². The van der Waals surface area contributed by atoms with Gasteiger partial charge >= 0.3 is 0 Å². The zero-order chi connectivity index (χ0) is 25.9. The number of nitrogens with zero attached hydrogens (tertiary/aromatic N) is 5. The number of H-pyrrole nitrogens is 1. The summed E-state index contributed by atoms with van der Waals surface area (Å²) in [7, 11) is 0. The van der Waals surface area contributed by atoms with E-state index in [2.05, 4.69) is 21.6 Å². The number of fused-ring (bicyclic) bond motifs is 1. The van der Waals surface area contributed by atoms with E-state index in [9.17, 15) is 14.9 Å². The molecule has 5 rings (SSSR count). The van der Waals surface area contributed by atoms with E-state index in [4.69, 9.17) is 4.98 Å². The lowest BCUT2D eigenvalue weighted by atomic mass is 10.1. The number of allylic oxidation sites excluding steroid dienone is 1. The fourth-order valence-corrected chi connectivity index (χ4v) is 5.55. The summed E-state index contributed by atoms with van der Waals surface area (Å²) in [6.45, 7) is 4.96. The van der Waals surface area contributed by atoms with E-state index in [1.54, 1.807) is 29.4 Å². The SMILES string of the molecule is CC(C)C=C(C#N)C(=O)N1CCCC1Cn1c(NC(=O)c2ccc(-c3cn[nH]c3)s2)nc2ccccc21. The number of nitrogens with one attached hydrogen (secondary N) is 2. The van der Waals surface area contributed by atoms with Gasteiger partial charge in [0.25, 0.3) is 11.8 Å². The molecule has 4 heterocycles. The number of hydrogen-bond donors (Lipinski definition) is 2. The zero-order valence-electron chi connectivity index (χ0n) is 20.6.